The van der Waals surface area contributed by atoms with E-state index in [1.54, 1.807) is 0 Å². The van der Waals surface area contributed by atoms with Crippen molar-refractivity contribution in [1.29, 1.82) is 0 Å². The quantitative estimate of drug-likeness (QED) is 0.826. The monoisotopic (exact) mass is 279 g/mol. The van der Waals surface area contributed by atoms with Crippen LogP contribution in [0.4, 0.5) is 5.82 Å². The summed E-state index contributed by atoms with van der Waals surface area (Å²) in [6, 6.07) is 3.86. The summed E-state index contributed by atoms with van der Waals surface area (Å²) < 4.78 is 0. The van der Waals surface area contributed by atoms with Gasteiger partial charge in [0.15, 0.2) is 0 Å². The number of aryl methyl sites for hydroxylation is 1. The fraction of sp³-hybridized carbons (Fsp3) is 0.600. The van der Waals surface area contributed by atoms with Crippen molar-refractivity contribution in [3.05, 3.63) is 23.4 Å². The molecule has 0 aliphatic heterocycles. The Bertz CT molecular complexity index is 473. The number of nitrogens with one attached hydrogen (secondary N) is 1. The Labute approximate surface area is 122 Å². The lowest BCUT2D eigenvalue weighted by atomic mass is 9.82. The van der Waals surface area contributed by atoms with Crippen molar-refractivity contribution in [2.45, 2.75) is 53.5 Å². The van der Waals surface area contributed by atoms with Crippen molar-refractivity contribution < 1.29 is 0 Å². The van der Waals surface area contributed by atoms with Gasteiger partial charge < -0.3 is 11.1 Å². The van der Waals surface area contributed by atoms with Gasteiger partial charge in [-0.05, 0) is 44.7 Å². The molecular formula is C15H25N3S. The van der Waals surface area contributed by atoms with E-state index in [4.69, 9.17) is 18.0 Å². The maximum atomic E-state index is 5.76. The Balaban J connectivity index is 3.04. The zero-order chi connectivity index (χ0) is 14.8. The summed E-state index contributed by atoms with van der Waals surface area (Å²) in [7, 11) is 0. The van der Waals surface area contributed by atoms with Gasteiger partial charge in [-0.2, -0.15) is 0 Å². The highest BCUT2D eigenvalue weighted by atomic mass is 32.1. The molecule has 3 nitrogen and oxygen atoms in total. The Kier molecular flexibility index (Phi) is 4.56. The Morgan fingerprint density at radius 1 is 1.26 bits per heavy atom. The largest absolute Gasteiger partial charge is 0.389 e. The van der Waals surface area contributed by atoms with Crippen LogP contribution in [0.5, 0.6) is 0 Å². The summed E-state index contributed by atoms with van der Waals surface area (Å²) in [6.07, 6.45) is 1.02. The van der Waals surface area contributed by atoms with E-state index in [0.717, 1.165) is 23.5 Å². The van der Waals surface area contributed by atoms with E-state index in [0.29, 0.717) is 4.99 Å². The SMILES string of the molecule is Cc1ccc(C(N)=S)c(NC(C)(C)CC(C)(C)C)n1. The van der Waals surface area contributed by atoms with Crippen molar-refractivity contribution in [2.24, 2.45) is 11.1 Å². The first kappa shape index (κ1) is 15.9. The lowest BCUT2D eigenvalue weighted by molar-refractivity contribution is 0.302. The average Bonchev–Trinajstić information content (AvgIpc) is 2.11. The lowest BCUT2D eigenvalue weighted by Gasteiger charge is -2.34. The zero-order valence-corrected chi connectivity index (χ0v) is 13.6. The summed E-state index contributed by atoms with van der Waals surface area (Å²) in [4.78, 5) is 4.91. The number of pyridine rings is 1. The molecule has 106 valence electrons. The molecule has 0 bridgehead atoms. The average molecular weight is 279 g/mol. The third kappa shape index (κ3) is 5.15. The Morgan fingerprint density at radius 2 is 1.84 bits per heavy atom. The molecule has 0 aliphatic carbocycles. The second-order valence-electron chi connectivity index (χ2n) is 6.96. The van der Waals surface area contributed by atoms with E-state index in [1.165, 1.54) is 0 Å². The van der Waals surface area contributed by atoms with Gasteiger partial charge in [-0.3, -0.25) is 0 Å². The predicted molar refractivity (Wildman–Crippen MR) is 86.6 cm³/mol. The van der Waals surface area contributed by atoms with Gasteiger partial charge in [0, 0.05) is 11.2 Å². The van der Waals surface area contributed by atoms with Gasteiger partial charge in [0.25, 0.3) is 0 Å². The summed E-state index contributed by atoms with van der Waals surface area (Å²) in [6.45, 7) is 13.0. The molecule has 3 N–H and O–H groups in total. The van der Waals surface area contributed by atoms with E-state index >= 15 is 0 Å². The minimum absolute atomic E-state index is 0.0709. The summed E-state index contributed by atoms with van der Waals surface area (Å²) in [5.41, 5.74) is 7.69. The van der Waals surface area contributed by atoms with Gasteiger partial charge in [0.05, 0.1) is 5.56 Å². The summed E-state index contributed by atoms with van der Waals surface area (Å²) in [5.74, 6) is 0.779. The van der Waals surface area contributed by atoms with Crippen LogP contribution < -0.4 is 11.1 Å². The van der Waals surface area contributed by atoms with E-state index in [1.807, 2.05) is 19.1 Å². The third-order valence-electron chi connectivity index (χ3n) is 2.73. The maximum absolute atomic E-state index is 5.76. The molecular weight excluding hydrogens is 254 g/mol. The molecule has 1 aromatic rings. The van der Waals surface area contributed by atoms with E-state index in [-0.39, 0.29) is 11.0 Å². The van der Waals surface area contributed by atoms with E-state index < -0.39 is 0 Å². The molecule has 0 saturated heterocycles. The van der Waals surface area contributed by atoms with Gasteiger partial charge in [-0.1, -0.05) is 33.0 Å². The lowest BCUT2D eigenvalue weighted by Crippen LogP contribution is -2.36. The van der Waals surface area contributed by atoms with Crippen LogP contribution in [-0.2, 0) is 0 Å². The number of hydrogen-bond acceptors (Lipinski definition) is 3. The highest BCUT2D eigenvalue weighted by Crippen LogP contribution is 2.30. The molecule has 0 aliphatic rings. The van der Waals surface area contributed by atoms with Crippen molar-refractivity contribution in [3.8, 4) is 0 Å². The molecule has 1 rings (SSSR count). The minimum Gasteiger partial charge on any atom is -0.389 e. The molecule has 0 amide bonds. The smallest absolute Gasteiger partial charge is 0.136 e. The fourth-order valence-electron chi connectivity index (χ4n) is 2.54. The highest BCUT2D eigenvalue weighted by Gasteiger charge is 2.26. The number of anilines is 1. The van der Waals surface area contributed by atoms with Crippen LogP contribution in [0, 0.1) is 12.3 Å². The number of thiocarbonyl (C=S) groups is 1. The maximum Gasteiger partial charge on any atom is 0.136 e. The Hall–Kier alpha value is -1.16. The zero-order valence-electron chi connectivity index (χ0n) is 12.8. The first-order chi connectivity index (χ1) is 8.50. The van der Waals surface area contributed by atoms with Crippen LogP contribution in [-0.4, -0.2) is 15.5 Å². The molecule has 1 heterocycles. The van der Waals surface area contributed by atoms with Gasteiger partial charge in [-0.15, -0.1) is 0 Å². The summed E-state index contributed by atoms with van der Waals surface area (Å²) >= 11 is 5.09. The minimum atomic E-state index is -0.0709. The Morgan fingerprint density at radius 3 is 2.32 bits per heavy atom. The number of rotatable bonds is 4. The first-order valence-corrected chi connectivity index (χ1v) is 6.97. The van der Waals surface area contributed by atoms with E-state index in [2.05, 4.69) is 44.9 Å². The standard InChI is InChI=1S/C15H25N3S/c1-10-7-8-11(12(16)19)13(17-10)18-15(5,6)9-14(2,3)4/h7-8H,9H2,1-6H3,(H2,16,19)(H,17,18). The van der Waals surface area contributed by atoms with Crippen LogP contribution in [0.3, 0.4) is 0 Å². The molecule has 1 aromatic heterocycles. The molecule has 0 saturated carbocycles. The van der Waals surface area contributed by atoms with Crippen LogP contribution in [0.1, 0.15) is 52.3 Å². The van der Waals surface area contributed by atoms with Crippen LogP contribution >= 0.6 is 12.2 Å². The van der Waals surface area contributed by atoms with Crippen LogP contribution in [0.25, 0.3) is 0 Å². The fourth-order valence-corrected chi connectivity index (χ4v) is 2.71. The normalized spacial score (nSPS) is 12.3. The molecule has 0 spiro atoms. The first-order valence-electron chi connectivity index (χ1n) is 6.56. The van der Waals surface area contributed by atoms with Gasteiger partial charge in [0.1, 0.15) is 10.8 Å². The number of aromatic nitrogens is 1. The van der Waals surface area contributed by atoms with Crippen molar-refractivity contribution in [1.82, 2.24) is 4.98 Å². The second kappa shape index (κ2) is 5.45. The van der Waals surface area contributed by atoms with Gasteiger partial charge in [-0.25, -0.2) is 4.98 Å². The topological polar surface area (TPSA) is 50.9 Å². The molecule has 0 aromatic carbocycles. The third-order valence-corrected chi connectivity index (χ3v) is 2.95. The predicted octanol–water partition coefficient (Wildman–Crippen LogP) is 3.65. The molecule has 4 heteroatoms. The van der Waals surface area contributed by atoms with Crippen molar-refractivity contribution in [2.75, 3.05) is 5.32 Å². The van der Waals surface area contributed by atoms with Crippen molar-refractivity contribution >= 4 is 23.0 Å². The van der Waals surface area contributed by atoms with Gasteiger partial charge >= 0.3 is 0 Å². The second-order valence-corrected chi connectivity index (χ2v) is 7.40. The van der Waals surface area contributed by atoms with Crippen LogP contribution in [0.2, 0.25) is 0 Å². The number of hydrogen-bond donors (Lipinski definition) is 2. The molecule has 0 radical (unpaired) electrons. The number of nitrogens with zero attached hydrogens (tertiary/aromatic N) is 1. The number of nitrogens with two attached hydrogens (primary N) is 1. The van der Waals surface area contributed by atoms with Crippen LogP contribution in [0.15, 0.2) is 12.1 Å². The molecule has 19 heavy (non-hydrogen) atoms. The highest BCUT2D eigenvalue weighted by molar-refractivity contribution is 7.80. The van der Waals surface area contributed by atoms with E-state index in [9.17, 15) is 0 Å². The summed E-state index contributed by atoms with van der Waals surface area (Å²) in [5, 5.41) is 3.49. The van der Waals surface area contributed by atoms with Crippen molar-refractivity contribution in [3.63, 3.8) is 0 Å². The molecule has 0 unspecified atom stereocenters. The molecule has 0 atom stereocenters. The van der Waals surface area contributed by atoms with Gasteiger partial charge in [0.2, 0.25) is 0 Å². The molecule has 0 fully saturated rings.